The first-order valence-corrected chi connectivity index (χ1v) is 6.46. The molecule has 0 aromatic rings. The zero-order valence-electron chi connectivity index (χ0n) is 10.00. The quantitative estimate of drug-likeness (QED) is 0.414. The Kier molecular flexibility index (Phi) is 6.48. The van der Waals surface area contributed by atoms with Crippen LogP contribution in [-0.4, -0.2) is 9.75 Å². The van der Waals surface area contributed by atoms with Crippen LogP contribution in [0.2, 0.25) is 0 Å². The van der Waals surface area contributed by atoms with E-state index in [0.717, 1.165) is 19.3 Å². The van der Waals surface area contributed by atoms with Crippen LogP contribution in [0, 0.1) is 0 Å². The van der Waals surface area contributed by atoms with E-state index in [2.05, 4.69) is 27.7 Å². The second-order valence-electron chi connectivity index (χ2n) is 4.81. The Labute approximate surface area is 99.4 Å². The number of halogens is 2. The van der Waals surface area contributed by atoms with Crippen LogP contribution in [0.5, 0.6) is 0 Å². The first kappa shape index (κ1) is 14.6. The molecule has 0 spiro atoms. The number of alkyl halides is 2. The monoisotopic (exact) mass is 238 g/mol. The van der Waals surface area contributed by atoms with Gasteiger partial charge in [0.2, 0.25) is 0 Å². The Morgan fingerprint density at radius 1 is 0.929 bits per heavy atom. The van der Waals surface area contributed by atoms with E-state index in [1.54, 1.807) is 0 Å². The Hall–Kier alpha value is 0.580. The van der Waals surface area contributed by atoms with Crippen molar-refractivity contribution in [3.8, 4) is 0 Å². The van der Waals surface area contributed by atoms with E-state index < -0.39 is 0 Å². The van der Waals surface area contributed by atoms with E-state index >= 15 is 0 Å². The van der Waals surface area contributed by atoms with Crippen molar-refractivity contribution in [1.29, 1.82) is 0 Å². The minimum absolute atomic E-state index is 0.123. The molecule has 14 heavy (non-hydrogen) atoms. The number of hydrogen-bond donors (Lipinski definition) is 0. The zero-order chi connectivity index (χ0) is 11.2. The predicted molar refractivity (Wildman–Crippen MR) is 67.6 cm³/mol. The minimum atomic E-state index is -0.136. The summed E-state index contributed by atoms with van der Waals surface area (Å²) < 4.78 is 0. The molecule has 0 bridgehead atoms. The van der Waals surface area contributed by atoms with Gasteiger partial charge in [0.1, 0.15) is 0 Å². The highest BCUT2D eigenvalue weighted by molar-refractivity contribution is 6.27. The first-order valence-electron chi connectivity index (χ1n) is 5.71. The van der Waals surface area contributed by atoms with Crippen molar-refractivity contribution in [3.05, 3.63) is 0 Å². The molecule has 0 saturated carbocycles. The molecule has 0 heterocycles. The Morgan fingerprint density at radius 3 is 1.93 bits per heavy atom. The maximum atomic E-state index is 6.45. The van der Waals surface area contributed by atoms with Gasteiger partial charge in [-0.25, -0.2) is 0 Å². The molecule has 86 valence electrons. The molecule has 0 aliphatic rings. The third-order valence-electron chi connectivity index (χ3n) is 2.78. The molecule has 0 radical (unpaired) electrons. The molecular formula is C12H24Cl2. The molecule has 0 amide bonds. The summed E-state index contributed by atoms with van der Waals surface area (Å²) in [6, 6.07) is 0. The third-order valence-corrected chi connectivity index (χ3v) is 3.50. The van der Waals surface area contributed by atoms with E-state index in [4.69, 9.17) is 23.2 Å². The summed E-state index contributed by atoms with van der Waals surface area (Å²) in [5.41, 5.74) is 0. The van der Waals surface area contributed by atoms with E-state index in [1.807, 2.05) is 0 Å². The van der Waals surface area contributed by atoms with Crippen LogP contribution in [0.4, 0.5) is 0 Å². The largest absolute Gasteiger partial charge is 0.120 e. The summed E-state index contributed by atoms with van der Waals surface area (Å²) in [5, 5.41) is 0. The second kappa shape index (κ2) is 6.23. The fourth-order valence-corrected chi connectivity index (χ4v) is 2.52. The second-order valence-corrected chi connectivity index (χ2v) is 6.64. The number of rotatable bonds is 7. The highest BCUT2D eigenvalue weighted by Gasteiger charge is 2.30. The zero-order valence-corrected chi connectivity index (χ0v) is 11.5. The van der Waals surface area contributed by atoms with Crippen molar-refractivity contribution in [1.82, 2.24) is 0 Å². The summed E-state index contributed by atoms with van der Waals surface area (Å²) in [4.78, 5) is -0.260. The van der Waals surface area contributed by atoms with Gasteiger partial charge in [-0.3, -0.25) is 0 Å². The molecule has 2 unspecified atom stereocenters. The number of hydrogen-bond acceptors (Lipinski definition) is 0. The predicted octanol–water partition coefficient (Wildman–Crippen LogP) is 5.36. The van der Waals surface area contributed by atoms with Crippen LogP contribution in [0.25, 0.3) is 0 Å². The van der Waals surface area contributed by atoms with Gasteiger partial charge in [0.25, 0.3) is 0 Å². The summed E-state index contributed by atoms with van der Waals surface area (Å²) >= 11 is 12.8. The standard InChI is InChI=1S/C12H24Cl2/c1-5-7-8-9-12(4,14)10-11(3,13)6-2/h5-10H2,1-4H3. The Bertz CT molecular complexity index is 150. The van der Waals surface area contributed by atoms with Crippen molar-refractivity contribution < 1.29 is 0 Å². The first-order chi connectivity index (χ1) is 6.33. The molecule has 0 rings (SSSR count). The lowest BCUT2D eigenvalue weighted by Crippen LogP contribution is -2.28. The van der Waals surface area contributed by atoms with Crippen LogP contribution in [-0.2, 0) is 0 Å². The van der Waals surface area contributed by atoms with E-state index in [-0.39, 0.29) is 9.75 Å². The number of unbranched alkanes of at least 4 members (excludes halogenated alkanes) is 2. The molecule has 0 aliphatic heterocycles. The van der Waals surface area contributed by atoms with Gasteiger partial charge in [0, 0.05) is 9.75 Å². The molecule has 0 aromatic carbocycles. The van der Waals surface area contributed by atoms with Crippen LogP contribution in [0.3, 0.4) is 0 Å². The van der Waals surface area contributed by atoms with Crippen molar-refractivity contribution in [3.63, 3.8) is 0 Å². The highest BCUT2D eigenvalue weighted by atomic mass is 35.5. The van der Waals surface area contributed by atoms with Crippen molar-refractivity contribution in [2.24, 2.45) is 0 Å². The van der Waals surface area contributed by atoms with Crippen molar-refractivity contribution in [2.75, 3.05) is 0 Å². The normalized spacial score (nSPS) is 20.1. The highest BCUT2D eigenvalue weighted by Crippen LogP contribution is 2.36. The summed E-state index contributed by atoms with van der Waals surface area (Å²) in [7, 11) is 0. The maximum absolute atomic E-state index is 6.45. The smallest absolute Gasteiger partial charge is 0.0435 e. The van der Waals surface area contributed by atoms with Gasteiger partial charge in [0.05, 0.1) is 0 Å². The molecular weight excluding hydrogens is 215 g/mol. The van der Waals surface area contributed by atoms with Gasteiger partial charge < -0.3 is 0 Å². The molecule has 2 atom stereocenters. The average molecular weight is 239 g/mol. The van der Waals surface area contributed by atoms with Gasteiger partial charge in [-0.05, 0) is 33.1 Å². The molecule has 2 heteroatoms. The van der Waals surface area contributed by atoms with Crippen molar-refractivity contribution >= 4 is 23.2 Å². The van der Waals surface area contributed by atoms with Gasteiger partial charge in [0.15, 0.2) is 0 Å². The molecule has 0 N–H and O–H groups in total. The van der Waals surface area contributed by atoms with E-state index in [9.17, 15) is 0 Å². The van der Waals surface area contributed by atoms with Crippen molar-refractivity contribution in [2.45, 2.75) is 76.0 Å². The SMILES string of the molecule is CCCCCC(C)(Cl)CC(C)(Cl)CC. The van der Waals surface area contributed by atoms with Gasteiger partial charge in [-0.1, -0.05) is 33.1 Å². The molecule has 0 aromatic heterocycles. The van der Waals surface area contributed by atoms with Crippen LogP contribution >= 0.6 is 23.2 Å². The van der Waals surface area contributed by atoms with Crippen LogP contribution < -0.4 is 0 Å². The summed E-state index contributed by atoms with van der Waals surface area (Å²) in [6.45, 7) is 8.52. The third kappa shape index (κ3) is 6.95. The maximum Gasteiger partial charge on any atom is 0.0435 e. The van der Waals surface area contributed by atoms with Crippen LogP contribution in [0.1, 0.15) is 66.2 Å². The minimum Gasteiger partial charge on any atom is -0.120 e. The molecule has 0 aliphatic carbocycles. The summed E-state index contributed by atoms with van der Waals surface area (Å²) in [5.74, 6) is 0. The van der Waals surface area contributed by atoms with E-state index in [0.29, 0.717) is 0 Å². The molecule has 0 fully saturated rings. The lowest BCUT2D eigenvalue weighted by Gasteiger charge is -2.30. The van der Waals surface area contributed by atoms with Gasteiger partial charge in [-0.15, -0.1) is 23.2 Å². The fraction of sp³-hybridized carbons (Fsp3) is 1.00. The van der Waals surface area contributed by atoms with Gasteiger partial charge in [-0.2, -0.15) is 0 Å². The Balaban J connectivity index is 3.93. The average Bonchev–Trinajstić information content (AvgIpc) is 2.03. The lowest BCUT2D eigenvalue weighted by atomic mass is 9.90. The lowest BCUT2D eigenvalue weighted by molar-refractivity contribution is 0.424. The topological polar surface area (TPSA) is 0 Å². The Morgan fingerprint density at radius 2 is 1.50 bits per heavy atom. The van der Waals surface area contributed by atoms with Gasteiger partial charge >= 0.3 is 0 Å². The van der Waals surface area contributed by atoms with E-state index in [1.165, 1.54) is 19.3 Å². The van der Waals surface area contributed by atoms with Crippen LogP contribution in [0.15, 0.2) is 0 Å². The molecule has 0 nitrogen and oxygen atoms in total. The molecule has 0 saturated heterocycles. The summed E-state index contributed by atoms with van der Waals surface area (Å²) in [6.07, 6.45) is 6.68. The fourth-order valence-electron chi connectivity index (χ4n) is 1.73.